The molecule has 45 heavy (non-hydrogen) atoms. The molecule has 0 radical (unpaired) electrons. The van der Waals surface area contributed by atoms with Crippen molar-refractivity contribution in [3.8, 4) is 17.8 Å². The van der Waals surface area contributed by atoms with Crippen molar-refractivity contribution in [3.63, 3.8) is 0 Å². The highest BCUT2D eigenvalue weighted by atomic mass is 16.5. The second-order valence-electron chi connectivity index (χ2n) is 13.1. The molecule has 1 aromatic carbocycles. The standard InChI is InChI=1S/C35H47N7O3/c1-5-33(43)42-19-18-39(22-27(42)14-15-36)34-30-13-11-26(41-17-6-8-25-10-12-29(44-4)21-32(25)41)20-31(30)37-35(38-34)45-23-28-9-7-16-40(28)24(2)3/h5,10,12,21,24,26-28H,1,6-9,11,13-14,16-20,22-23H2,2-4H3/t26?,27-,28-/m0/s1. The molecule has 10 nitrogen and oxygen atoms in total. The van der Waals surface area contributed by atoms with Crippen LogP contribution in [0.5, 0.6) is 11.8 Å². The number of rotatable bonds is 9. The summed E-state index contributed by atoms with van der Waals surface area (Å²) in [7, 11) is 1.73. The fraction of sp³-hybridized carbons (Fsp3) is 0.600. The molecular formula is C35H47N7O3. The molecule has 6 rings (SSSR count). The van der Waals surface area contributed by atoms with E-state index in [4.69, 9.17) is 19.4 Å². The Balaban J connectivity index is 1.30. The van der Waals surface area contributed by atoms with E-state index in [-0.39, 0.29) is 18.4 Å². The quantitative estimate of drug-likeness (QED) is 0.386. The molecule has 2 fully saturated rings. The van der Waals surface area contributed by atoms with Gasteiger partial charge in [-0.1, -0.05) is 12.6 Å². The van der Waals surface area contributed by atoms with E-state index in [1.165, 1.54) is 29.3 Å². The number of hydrogen-bond donors (Lipinski definition) is 0. The first-order valence-corrected chi connectivity index (χ1v) is 16.7. The second kappa shape index (κ2) is 13.7. The zero-order valence-corrected chi connectivity index (χ0v) is 27.1. The van der Waals surface area contributed by atoms with Crippen LogP contribution in [-0.2, 0) is 24.1 Å². The number of nitriles is 1. The summed E-state index contributed by atoms with van der Waals surface area (Å²) in [6.45, 7) is 12.5. The molecule has 4 heterocycles. The summed E-state index contributed by atoms with van der Waals surface area (Å²) >= 11 is 0. The fourth-order valence-electron chi connectivity index (χ4n) is 7.86. The lowest BCUT2D eigenvalue weighted by molar-refractivity contribution is -0.128. The number of hydrogen-bond acceptors (Lipinski definition) is 9. The molecule has 3 atom stereocenters. The zero-order chi connectivity index (χ0) is 31.5. The minimum atomic E-state index is -0.224. The van der Waals surface area contributed by atoms with E-state index in [1.807, 2.05) is 0 Å². The Labute approximate surface area is 267 Å². The Hall–Kier alpha value is -3.84. The third-order valence-corrected chi connectivity index (χ3v) is 10.2. The topological polar surface area (TPSA) is 98.1 Å². The monoisotopic (exact) mass is 613 g/mol. The number of fused-ring (bicyclic) bond motifs is 2. The number of piperazine rings is 1. The molecule has 3 aliphatic heterocycles. The first kappa shape index (κ1) is 31.2. The van der Waals surface area contributed by atoms with E-state index >= 15 is 0 Å². The number of nitrogens with zero attached hydrogens (tertiary/aromatic N) is 7. The molecule has 0 saturated carbocycles. The summed E-state index contributed by atoms with van der Waals surface area (Å²) in [5.41, 5.74) is 4.87. The number of carbonyl (C=O) groups excluding carboxylic acids is 1. The van der Waals surface area contributed by atoms with Gasteiger partial charge >= 0.3 is 6.01 Å². The van der Waals surface area contributed by atoms with Crippen molar-refractivity contribution < 1.29 is 14.3 Å². The van der Waals surface area contributed by atoms with E-state index in [2.05, 4.69) is 59.4 Å². The summed E-state index contributed by atoms with van der Waals surface area (Å²) in [6, 6.07) is 10.1. The predicted octanol–water partition coefficient (Wildman–Crippen LogP) is 4.16. The van der Waals surface area contributed by atoms with Gasteiger partial charge in [-0.15, -0.1) is 0 Å². The second-order valence-corrected chi connectivity index (χ2v) is 13.1. The van der Waals surface area contributed by atoms with Crippen LogP contribution in [0.25, 0.3) is 0 Å². The van der Waals surface area contributed by atoms with Gasteiger partial charge in [0.05, 0.1) is 31.3 Å². The summed E-state index contributed by atoms with van der Waals surface area (Å²) in [6.07, 6.45) is 8.80. The number of carbonyl (C=O) groups is 1. The van der Waals surface area contributed by atoms with Gasteiger partial charge < -0.3 is 24.2 Å². The van der Waals surface area contributed by atoms with Crippen LogP contribution in [0.3, 0.4) is 0 Å². The highest BCUT2D eigenvalue weighted by Gasteiger charge is 2.36. The molecule has 1 amide bonds. The Morgan fingerprint density at radius 1 is 1.13 bits per heavy atom. The maximum atomic E-state index is 12.6. The smallest absolute Gasteiger partial charge is 0.318 e. The SMILES string of the molecule is C=CC(=O)N1CCN(c2nc(OC[C@@H]3CCCN3C(C)C)nc3c2CCC(N2CCCc4ccc(OC)cc42)C3)C[C@@H]1CC#N. The lowest BCUT2D eigenvalue weighted by atomic mass is 9.88. The third-order valence-electron chi connectivity index (χ3n) is 10.2. The molecule has 2 saturated heterocycles. The van der Waals surface area contributed by atoms with Gasteiger partial charge in [0, 0.05) is 68.0 Å². The first-order chi connectivity index (χ1) is 21.9. The van der Waals surface area contributed by atoms with Gasteiger partial charge in [0.15, 0.2) is 0 Å². The molecule has 1 aromatic heterocycles. The minimum absolute atomic E-state index is 0.129. The highest BCUT2D eigenvalue weighted by molar-refractivity contribution is 5.87. The maximum absolute atomic E-state index is 12.6. The van der Waals surface area contributed by atoms with Crippen LogP contribution in [0, 0.1) is 11.3 Å². The lowest BCUT2D eigenvalue weighted by Crippen LogP contribution is -2.55. The van der Waals surface area contributed by atoms with Crippen molar-refractivity contribution in [2.75, 3.05) is 56.2 Å². The molecule has 0 bridgehead atoms. The van der Waals surface area contributed by atoms with Crippen molar-refractivity contribution in [2.45, 2.75) is 89.4 Å². The van der Waals surface area contributed by atoms with Gasteiger partial charge in [-0.05, 0) is 76.6 Å². The number of ether oxygens (including phenoxy) is 2. The van der Waals surface area contributed by atoms with E-state index in [1.54, 1.807) is 12.0 Å². The van der Waals surface area contributed by atoms with E-state index in [9.17, 15) is 10.1 Å². The van der Waals surface area contributed by atoms with Gasteiger partial charge in [0.25, 0.3) is 0 Å². The molecule has 4 aliphatic rings. The van der Waals surface area contributed by atoms with Crippen molar-refractivity contribution in [3.05, 3.63) is 47.7 Å². The Morgan fingerprint density at radius 3 is 2.78 bits per heavy atom. The molecule has 2 aromatic rings. The van der Waals surface area contributed by atoms with Crippen LogP contribution in [0.2, 0.25) is 0 Å². The number of amides is 1. The average Bonchev–Trinajstić information content (AvgIpc) is 3.55. The normalized spacial score (nSPS) is 23.4. The average molecular weight is 614 g/mol. The Bertz CT molecular complexity index is 1440. The molecule has 10 heteroatoms. The Morgan fingerprint density at radius 2 is 2.00 bits per heavy atom. The number of benzene rings is 1. The van der Waals surface area contributed by atoms with Crippen LogP contribution in [0.4, 0.5) is 11.5 Å². The zero-order valence-electron chi connectivity index (χ0n) is 27.1. The molecule has 240 valence electrons. The summed E-state index contributed by atoms with van der Waals surface area (Å²) < 4.78 is 12.0. The van der Waals surface area contributed by atoms with Crippen LogP contribution in [0.15, 0.2) is 30.9 Å². The molecule has 1 aliphatic carbocycles. The molecule has 0 N–H and O–H groups in total. The van der Waals surface area contributed by atoms with Crippen LogP contribution < -0.4 is 19.3 Å². The number of aryl methyl sites for hydroxylation is 1. The minimum Gasteiger partial charge on any atom is -0.497 e. The predicted molar refractivity (Wildman–Crippen MR) is 175 cm³/mol. The summed E-state index contributed by atoms with van der Waals surface area (Å²) in [5.74, 6) is 1.66. The van der Waals surface area contributed by atoms with E-state index < -0.39 is 0 Å². The van der Waals surface area contributed by atoms with Crippen molar-refractivity contribution >= 4 is 17.4 Å². The van der Waals surface area contributed by atoms with E-state index in [0.29, 0.717) is 50.4 Å². The van der Waals surface area contributed by atoms with Crippen molar-refractivity contribution in [2.24, 2.45) is 0 Å². The fourth-order valence-corrected chi connectivity index (χ4v) is 7.86. The van der Waals surface area contributed by atoms with E-state index in [0.717, 1.165) is 68.9 Å². The number of likely N-dealkylation sites (tertiary alicyclic amines) is 1. The summed E-state index contributed by atoms with van der Waals surface area (Å²) in [4.78, 5) is 31.8. The first-order valence-electron chi connectivity index (χ1n) is 16.7. The van der Waals surface area contributed by atoms with Crippen LogP contribution in [0.1, 0.15) is 62.8 Å². The molecule has 0 spiro atoms. The van der Waals surface area contributed by atoms with Gasteiger partial charge in [0.1, 0.15) is 18.2 Å². The number of methoxy groups -OCH3 is 1. The van der Waals surface area contributed by atoms with Crippen molar-refractivity contribution in [1.29, 1.82) is 5.26 Å². The maximum Gasteiger partial charge on any atom is 0.318 e. The van der Waals surface area contributed by atoms with Gasteiger partial charge in [0.2, 0.25) is 5.91 Å². The molecular weight excluding hydrogens is 566 g/mol. The number of aromatic nitrogens is 2. The van der Waals surface area contributed by atoms with Gasteiger partial charge in [-0.3, -0.25) is 9.69 Å². The Kier molecular flexibility index (Phi) is 9.45. The van der Waals surface area contributed by atoms with Gasteiger partial charge in [-0.2, -0.15) is 15.2 Å². The lowest BCUT2D eigenvalue weighted by Gasteiger charge is -2.43. The van der Waals surface area contributed by atoms with Crippen LogP contribution >= 0.6 is 0 Å². The number of anilines is 2. The highest BCUT2D eigenvalue weighted by Crippen LogP contribution is 2.38. The largest absolute Gasteiger partial charge is 0.497 e. The molecule has 1 unspecified atom stereocenters. The van der Waals surface area contributed by atoms with Gasteiger partial charge in [-0.25, -0.2) is 0 Å². The van der Waals surface area contributed by atoms with Crippen LogP contribution in [-0.4, -0.2) is 96.3 Å². The van der Waals surface area contributed by atoms with Crippen molar-refractivity contribution in [1.82, 2.24) is 19.8 Å². The third kappa shape index (κ3) is 6.46. The summed E-state index contributed by atoms with van der Waals surface area (Å²) in [5, 5.41) is 9.58.